The molecule has 142 valence electrons. The number of carbonyl (C=O) groups is 2. The number of piperidine rings is 1. The van der Waals surface area contributed by atoms with Gasteiger partial charge in [0.15, 0.2) is 0 Å². The number of nitrogens with two attached hydrogens (primary N) is 1. The van der Waals surface area contributed by atoms with Crippen LogP contribution in [0.5, 0.6) is 0 Å². The van der Waals surface area contributed by atoms with E-state index in [9.17, 15) is 9.59 Å². The van der Waals surface area contributed by atoms with Crippen molar-refractivity contribution in [2.75, 3.05) is 18.4 Å². The molecular formula is C20H21Cl2N3O2. The predicted octanol–water partition coefficient (Wildman–Crippen LogP) is 3.94. The lowest BCUT2D eigenvalue weighted by molar-refractivity contribution is -0.123. The van der Waals surface area contributed by atoms with E-state index in [-0.39, 0.29) is 17.7 Å². The monoisotopic (exact) mass is 405 g/mol. The van der Waals surface area contributed by atoms with Crippen LogP contribution in [0.25, 0.3) is 0 Å². The van der Waals surface area contributed by atoms with Crippen LogP contribution in [0.15, 0.2) is 42.5 Å². The maximum atomic E-state index is 12.4. The van der Waals surface area contributed by atoms with Crippen LogP contribution in [0.2, 0.25) is 10.0 Å². The van der Waals surface area contributed by atoms with Gasteiger partial charge in [-0.05, 0) is 61.8 Å². The SMILES string of the molecule is NC(=O)C1CCN(Cc2cccc(NC(=O)c3ccc(Cl)c(Cl)c3)c2)CC1. The molecule has 0 radical (unpaired) electrons. The molecule has 7 heteroatoms. The van der Waals surface area contributed by atoms with Crippen molar-refractivity contribution in [2.24, 2.45) is 11.7 Å². The van der Waals surface area contributed by atoms with E-state index < -0.39 is 0 Å². The number of rotatable bonds is 5. The van der Waals surface area contributed by atoms with Crippen molar-refractivity contribution in [1.82, 2.24) is 4.90 Å². The second-order valence-electron chi connectivity index (χ2n) is 6.74. The fourth-order valence-corrected chi connectivity index (χ4v) is 3.52. The Labute approximate surface area is 168 Å². The van der Waals surface area contributed by atoms with E-state index in [4.69, 9.17) is 28.9 Å². The van der Waals surface area contributed by atoms with Gasteiger partial charge < -0.3 is 11.1 Å². The summed E-state index contributed by atoms with van der Waals surface area (Å²) in [6.07, 6.45) is 1.59. The first-order valence-corrected chi connectivity index (χ1v) is 9.55. The summed E-state index contributed by atoms with van der Waals surface area (Å²) < 4.78 is 0. The Kier molecular flexibility index (Phi) is 6.37. The van der Waals surface area contributed by atoms with E-state index in [0.717, 1.165) is 43.7 Å². The zero-order chi connectivity index (χ0) is 19.4. The van der Waals surface area contributed by atoms with E-state index in [1.165, 1.54) is 0 Å². The highest BCUT2D eigenvalue weighted by Crippen LogP contribution is 2.24. The lowest BCUT2D eigenvalue weighted by Crippen LogP contribution is -2.38. The van der Waals surface area contributed by atoms with Crippen LogP contribution in [0.3, 0.4) is 0 Å². The number of nitrogens with zero attached hydrogens (tertiary/aromatic N) is 1. The number of hydrogen-bond donors (Lipinski definition) is 2. The normalized spacial score (nSPS) is 15.5. The molecule has 0 spiro atoms. The van der Waals surface area contributed by atoms with Gasteiger partial charge in [-0.2, -0.15) is 0 Å². The van der Waals surface area contributed by atoms with Crippen molar-refractivity contribution in [3.63, 3.8) is 0 Å². The molecule has 0 aromatic heterocycles. The molecule has 1 heterocycles. The minimum atomic E-state index is -0.243. The van der Waals surface area contributed by atoms with E-state index >= 15 is 0 Å². The van der Waals surface area contributed by atoms with Gasteiger partial charge in [-0.3, -0.25) is 14.5 Å². The Balaban J connectivity index is 1.61. The Hall–Kier alpha value is -2.08. The second-order valence-corrected chi connectivity index (χ2v) is 7.55. The van der Waals surface area contributed by atoms with Crippen molar-refractivity contribution < 1.29 is 9.59 Å². The summed E-state index contributed by atoms with van der Waals surface area (Å²) >= 11 is 11.9. The highest BCUT2D eigenvalue weighted by atomic mass is 35.5. The van der Waals surface area contributed by atoms with Gasteiger partial charge in [0.2, 0.25) is 5.91 Å². The zero-order valence-electron chi connectivity index (χ0n) is 14.8. The van der Waals surface area contributed by atoms with Gasteiger partial charge in [-0.1, -0.05) is 35.3 Å². The lowest BCUT2D eigenvalue weighted by atomic mass is 9.96. The molecule has 3 rings (SSSR count). The molecule has 27 heavy (non-hydrogen) atoms. The van der Waals surface area contributed by atoms with E-state index in [0.29, 0.717) is 15.6 Å². The van der Waals surface area contributed by atoms with Crippen LogP contribution in [0, 0.1) is 5.92 Å². The molecule has 5 nitrogen and oxygen atoms in total. The first kappa shape index (κ1) is 19.7. The van der Waals surface area contributed by atoms with Gasteiger partial charge in [0.05, 0.1) is 10.0 Å². The molecule has 3 N–H and O–H groups in total. The summed E-state index contributed by atoms with van der Waals surface area (Å²) in [6.45, 7) is 2.45. The highest BCUT2D eigenvalue weighted by molar-refractivity contribution is 6.42. The van der Waals surface area contributed by atoms with Crippen LogP contribution >= 0.6 is 23.2 Å². The van der Waals surface area contributed by atoms with Gasteiger partial charge in [-0.15, -0.1) is 0 Å². The average molecular weight is 406 g/mol. The van der Waals surface area contributed by atoms with Crippen molar-refractivity contribution in [3.8, 4) is 0 Å². The van der Waals surface area contributed by atoms with Crippen LogP contribution in [0.4, 0.5) is 5.69 Å². The van der Waals surface area contributed by atoms with Crippen LogP contribution < -0.4 is 11.1 Å². The Bertz CT molecular complexity index is 849. The first-order valence-electron chi connectivity index (χ1n) is 8.79. The number of anilines is 1. The molecule has 1 aliphatic heterocycles. The van der Waals surface area contributed by atoms with Crippen molar-refractivity contribution in [3.05, 3.63) is 63.6 Å². The number of amides is 2. The third-order valence-electron chi connectivity index (χ3n) is 4.76. The molecule has 0 aliphatic carbocycles. The Morgan fingerprint density at radius 3 is 2.48 bits per heavy atom. The van der Waals surface area contributed by atoms with Gasteiger partial charge in [0, 0.05) is 23.7 Å². The summed E-state index contributed by atoms with van der Waals surface area (Å²) in [6, 6.07) is 12.5. The summed E-state index contributed by atoms with van der Waals surface area (Å²) in [5.41, 5.74) is 7.65. The maximum absolute atomic E-state index is 12.4. The molecule has 2 aromatic carbocycles. The molecule has 0 atom stereocenters. The summed E-state index contributed by atoms with van der Waals surface area (Å²) in [7, 11) is 0. The number of benzene rings is 2. The fraction of sp³-hybridized carbons (Fsp3) is 0.300. The second kappa shape index (κ2) is 8.74. The van der Waals surface area contributed by atoms with Gasteiger partial charge in [0.25, 0.3) is 5.91 Å². The maximum Gasteiger partial charge on any atom is 0.255 e. The molecule has 1 saturated heterocycles. The molecule has 0 saturated carbocycles. The quantitative estimate of drug-likeness (QED) is 0.790. The lowest BCUT2D eigenvalue weighted by Gasteiger charge is -2.30. The average Bonchev–Trinajstić information content (AvgIpc) is 2.64. The predicted molar refractivity (Wildman–Crippen MR) is 108 cm³/mol. The Morgan fingerprint density at radius 1 is 1.07 bits per heavy atom. The molecular weight excluding hydrogens is 385 g/mol. The Morgan fingerprint density at radius 2 is 1.81 bits per heavy atom. The van der Waals surface area contributed by atoms with Crippen molar-refractivity contribution in [2.45, 2.75) is 19.4 Å². The number of carbonyl (C=O) groups excluding carboxylic acids is 2. The van der Waals surface area contributed by atoms with Crippen LogP contribution in [0.1, 0.15) is 28.8 Å². The fourth-order valence-electron chi connectivity index (χ4n) is 3.22. The number of nitrogens with one attached hydrogen (secondary N) is 1. The van der Waals surface area contributed by atoms with Crippen LogP contribution in [-0.2, 0) is 11.3 Å². The van der Waals surface area contributed by atoms with Gasteiger partial charge >= 0.3 is 0 Å². The topological polar surface area (TPSA) is 75.4 Å². The molecule has 1 aliphatic rings. The molecule has 2 aromatic rings. The standard InChI is InChI=1S/C20H21Cl2N3O2/c21-17-5-4-15(11-18(17)22)20(27)24-16-3-1-2-13(10-16)12-25-8-6-14(7-9-25)19(23)26/h1-5,10-11,14H,6-9,12H2,(H2,23,26)(H,24,27). The first-order chi connectivity index (χ1) is 12.9. The summed E-state index contributed by atoms with van der Waals surface area (Å²) in [5, 5.41) is 3.64. The number of primary amides is 1. The summed E-state index contributed by atoms with van der Waals surface area (Å²) in [4.78, 5) is 26.0. The minimum Gasteiger partial charge on any atom is -0.369 e. The van der Waals surface area contributed by atoms with Crippen molar-refractivity contribution >= 4 is 40.7 Å². The number of halogens is 2. The number of hydrogen-bond acceptors (Lipinski definition) is 3. The number of likely N-dealkylation sites (tertiary alicyclic amines) is 1. The van der Waals surface area contributed by atoms with E-state index in [1.54, 1.807) is 18.2 Å². The van der Waals surface area contributed by atoms with E-state index in [1.807, 2.05) is 24.3 Å². The molecule has 1 fully saturated rings. The smallest absolute Gasteiger partial charge is 0.255 e. The zero-order valence-corrected chi connectivity index (χ0v) is 16.3. The van der Waals surface area contributed by atoms with Gasteiger partial charge in [0.1, 0.15) is 0 Å². The highest BCUT2D eigenvalue weighted by Gasteiger charge is 2.23. The molecule has 0 bridgehead atoms. The van der Waals surface area contributed by atoms with E-state index in [2.05, 4.69) is 10.2 Å². The largest absolute Gasteiger partial charge is 0.369 e. The summed E-state index contributed by atoms with van der Waals surface area (Å²) in [5.74, 6) is -0.465. The van der Waals surface area contributed by atoms with Gasteiger partial charge in [-0.25, -0.2) is 0 Å². The van der Waals surface area contributed by atoms with Crippen LogP contribution in [-0.4, -0.2) is 29.8 Å². The molecule has 0 unspecified atom stereocenters. The molecule has 2 amide bonds. The minimum absolute atomic E-state index is 0.0157. The third-order valence-corrected chi connectivity index (χ3v) is 5.50. The third kappa shape index (κ3) is 5.22. The van der Waals surface area contributed by atoms with Crippen molar-refractivity contribution in [1.29, 1.82) is 0 Å².